The number of Topliss-reactive ketones (excluding diaryl/α,β-unsaturated/α-hetero) is 1. The summed E-state index contributed by atoms with van der Waals surface area (Å²) in [4.78, 5) is 19.3. The normalized spacial score (nSPS) is 13.3. The van der Waals surface area contributed by atoms with E-state index in [0.717, 1.165) is 43.1 Å². The third-order valence-corrected chi connectivity index (χ3v) is 4.34. The first-order valence-electron chi connectivity index (χ1n) is 9.00. The zero-order valence-electron chi connectivity index (χ0n) is 15.4. The molecule has 0 radical (unpaired) electrons. The van der Waals surface area contributed by atoms with E-state index in [1.807, 2.05) is 36.1 Å². The van der Waals surface area contributed by atoms with Crippen LogP contribution in [0, 0.1) is 5.82 Å². The standard InChI is InChI=1S/C21H23FN2O2.BrH/c1-2-26-19-12-10-18(11-13-19)24(21-5-3-4-14-23-21)15-20(25)16-6-8-17(22)9-7-16;/h6-13H,2-5,14-15H2,1H3;1H. The lowest BCUT2D eigenvalue weighted by Crippen LogP contribution is -2.37. The van der Waals surface area contributed by atoms with Crippen molar-refractivity contribution in [2.45, 2.75) is 26.2 Å². The van der Waals surface area contributed by atoms with E-state index in [1.54, 1.807) is 0 Å². The molecule has 2 aromatic carbocycles. The SMILES string of the molecule is Br.CCOc1ccc(N(CC(=O)c2ccc(F)cc2)C2=NCCCC2)cc1. The van der Waals surface area contributed by atoms with Gasteiger partial charge in [0.2, 0.25) is 0 Å². The van der Waals surface area contributed by atoms with E-state index in [1.165, 1.54) is 24.3 Å². The van der Waals surface area contributed by atoms with Crippen LogP contribution in [0.2, 0.25) is 0 Å². The topological polar surface area (TPSA) is 41.9 Å². The number of halogens is 2. The number of rotatable bonds is 6. The summed E-state index contributed by atoms with van der Waals surface area (Å²) in [6, 6.07) is 13.4. The summed E-state index contributed by atoms with van der Waals surface area (Å²) in [5.41, 5.74) is 1.41. The Kier molecular flexibility index (Phi) is 7.98. The maximum absolute atomic E-state index is 13.1. The quantitative estimate of drug-likeness (QED) is 0.595. The molecule has 0 amide bonds. The van der Waals surface area contributed by atoms with Crippen molar-refractivity contribution in [2.75, 3.05) is 24.6 Å². The Balaban J connectivity index is 0.00000261. The number of anilines is 1. The Morgan fingerprint density at radius 3 is 2.41 bits per heavy atom. The van der Waals surface area contributed by atoms with Crippen LogP contribution in [0.25, 0.3) is 0 Å². The smallest absolute Gasteiger partial charge is 0.182 e. The van der Waals surface area contributed by atoms with Gasteiger partial charge in [-0.05, 0) is 68.3 Å². The number of ether oxygens (including phenoxy) is 1. The van der Waals surface area contributed by atoms with Crippen LogP contribution >= 0.6 is 17.0 Å². The van der Waals surface area contributed by atoms with Gasteiger partial charge >= 0.3 is 0 Å². The average molecular weight is 435 g/mol. The summed E-state index contributed by atoms with van der Waals surface area (Å²) in [5.74, 6) is 1.32. The van der Waals surface area contributed by atoms with Crippen LogP contribution in [-0.4, -0.2) is 31.3 Å². The van der Waals surface area contributed by atoms with Gasteiger partial charge in [0.15, 0.2) is 5.78 Å². The van der Waals surface area contributed by atoms with Crippen LogP contribution in [0.1, 0.15) is 36.5 Å². The first kappa shape index (κ1) is 21.1. The molecule has 1 aliphatic rings. The maximum atomic E-state index is 13.1. The highest BCUT2D eigenvalue weighted by molar-refractivity contribution is 8.93. The Morgan fingerprint density at radius 1 is 1.11 bits per heavy atom. The predicted molar refractivity (Wildman–Crippen MR) is 112 cm³/mol. The minimum Gasteiger partial charge on any atom is -0.494 e. The summed E-state index contributed by atoms with van der Waals surface area (Å²) in [6.07, 6.45) is 2.99. The third-order valence-electron chi connectivity index (χ3n) is 4.34. The average Bonchev–Trinajstić information content (AvgIpc) is 2.68. The molecule has 0 aromatic heterocycles. The molecule has 0 saturated heterocycles. The van der Waals surface area contributed by atoms with Crippen molar-refractivity contribution in [2.24, 2.45) is 4.99 Å². The zero-order chi connectivity index (χ0) is 18.4. The molecule has 0 unspecified atom stereocenters. The molecular formula is C21H24BrFN2O2. The van der Waals surface area contributed by atoms with Gasteiger partial charge in [-0.1, -0.05) is 0 Å². The number of nitrogens with zero attached hydrogens (tertiary/aromatic N) is 2. The summed E-state index contributed by atoms with van der Waals surface area (Å²) in [7, 11) is 0. The van der Waals surface area contributed by atoms with Crippen molar-refractivity contribution in [1.82, 2.24) is 0 Å². The molecule has 0 fully saturated rings. The summed E-state index contributed by atoms with van der Waals surface area (Å²) in [5, 5.41) is 0. The number of carbonyl (C=O) groups is 1. The van der Waals surface area contributed by atoms with Gasteiger partial charge in [-0.2, -0.15) is 0 Å². The predicted octanol–water partition coefficient (Wildman–Crippen LogP) is 5.07. The Morgan fingerprint density at radius 2 is 1.81 bits per heavy atom. The van der Waals surface area contributed by atoms with Crippen LogP contribution in [0.15, 0.2) is 53.5 Å². The van der Waals surface area contributed by atoms with E-state index in [9.17, 15) is 9.18 Å². The van der Waals surface area contributed by atoms with E-state index >= 15 is 0 Å². The first-order chi connectivity index (χ1) is 12.7. The molecule has 3 rings (SSSR count). The summed E-state index contributed by atoms with van der Waals surface area (Å²) in [6.45, 7) is 3.52. The molecule has 0 saturated carbocycles. The van der Waals surface area contributed by atoms with E-state index in [0.29, 0.717) is 12.2 Å². The Bertz CT molecular complexity index is 776. The molecule has 0 aliphatic carbocycles. The summed E-state index contributed by atoms with van der Waals surface area (Å²) >= 11 is 0. The van der Waals surface area contributed by atoms with Crippen LogP contribution < -0.4 is 9.64 Å². The van der Waals surface area contributed by atoms with Crippen molar-refractivity contribution >= 4 is 34.3 Å². The van der Waals surface area contributed by atoms with Gasteiger partial charge < -0.3 is 9.64 Å². The molecule has 144 valence electrons. The highest BCUT2D eigenvalue weighted by Gasteiger charge is 2.20. The van der Waals surface area contributed by atoms with Gasteiger partial charge in [0.1, 0.15) is 17.4 Å². The maximum Gasteiger partial charge on any atom is 0.182 e. The van der Waals surface area contributed by atoms with E-state index < -0.39 is 0 Å². The second-order valence-corrected chi connectivity index (χ2v) is 6.20. The van der Waals surface area contributed by atoms with Crippen LogP contribution in [-0.2, 0) is 0 Å². The van der Waals surface area contributed by atoms with Gasteiger partial charge in [-0.15, -0.1) is 17.0 Å². The molecular weight excluding hydrogens is 411 g/mol. The minimum absolute atomic E-state index is 0. The second kappa shape index (κ2) is 10.2. The molecule has 27 heavy (non-hydrogen) atoms. The first-order valence-corrected chi connectivity index (χ1v) is 9.00. The van der Waals surface area contributed by atoms with E-state index in [2.05, 4.69) is 4.99 Å². The number of amidine groups is 1. The van der Waals surface area contributed by atoms with Crippen molar-refractivity contribution in [1.29, 1.82) is 0 Å². The fraction of sp³-hybridized carbons (Fsp3) is 0.333. The molecule has 6 heteroatoms. The van der Waals surface area contributed by atoms with Gasteiger partial charge in [-0.25, -0.2) is 4.39 Å². The van der Waals surface area contributed by atoms with Crippen LogP contribution in [0.4, 0.5) is 10.1 Å². The fourth-order valence-electron chi connectivity index (χ4n) is 2.99. The highest BCUT2D eigenvalue weighted by atomic mass is 79.9. The highest BCUT2D eigenvalue weighted by Crippen LogP contribution is 2.23. The van der Waals surface area contributed by atoms with E-state index in [-0.39, 0.29) is 35.1 Å². The van der Waals surface area contributed by atoms with Gasteiger partial charge in [0.05, 0.1) is 13.2 Å². The van der Waals surface area contributed by atoms with Crippen LogP contribution in [0.5, 0.6) is 5.75 Å². The van der Waals surface area contributed by atoms with Crippen LogP contribution in [0.3, 0.4) is 0 Å². The summed E-state index contributed by atoms with van der Waals surface area (Å²) < 4.78 is 18.6. The number of hydrogen-bond donors (Lipinski definition) is 0. The molecule has 0 atom stereocenters. The monoisotopic (exact) mass is 434 g/mol. The lowest BCUT2D eigenvalue weighted by atomic mass is 10.1. The van der Waals surface area contributed by atoms with Gasteiger partial charge in [0, 0.05) is 24.2 Å². The molecule has 4 nitrogen and oxygen atoms in total. The Hall–Kier alpha value is -2.21. The number of benzene rings is 2. The molecule has 0 bridgehead atoms. The largest absolute Gasteiger partial charge is 0.494 e. The van der Waals surface area contributed by atoms with Crippen molar-refractivity contribution in [3.8, 4) is 5.75 Å². The number of aliphatic imine (C=N–C) groups is 1. The van der Waals surface area contributed by atoms with Crippen molar-refractivity contribution in [3.05, 3.63) is 59.9 Å². The minimum atomic E-state index is -0.346. The van der Waals surface area contributed by atoms with Crippen molar-refractivity contribution in [3.63, 3.8) is 0 Å². The lowest BCUT2D eigenvalue weighted by Gasteiger charge is -2.28. The van der Waals surface area contributed by atoms with E-state index in [4.69, 9.17) is 4.74 Å². The van der Waals surface area contributed by atoms with Gasteiger partial charge in [0.25, 0.3) is 0 Å². The third kappa shape index (κ3) is 5.63. The fourth-order valence-corrected chi connectivity index (χ4v) is 2.99. The number of ketones is 1. The second-order valence-electron chi connectivity index (χ2n) is 6.20. The molecule has 0 spiro atoms. The van der Waals surface area contributed by atoms with Crippen molar-refractivity contribution < 1.29 is 13.9 Å². The molecule has 2 aromatic rings. The molecule has 1 heterocycles. The lowest BCUT2D eigenvalue weighted by molar-refractivity contribution is 0.100. The number of carbonyl (C=O) groups excluding carboxylic acids is 1. The number of hydrogen-bond acceptors (Lipinski definition) is 4. The Labute approximate surface area is 169 Å². The van der Waals surface area contributed by atoms with Gasteiger partial charge in [-0.3, -0.25) is 9.79 Å². The zero-order valence-corrected chi connectivity index (χ0v) is 17.1. The molecule has 1 aliphatic heterocycles. The molecule has 0 N–H and O–H groups in total.